The molecule has 6 heteroatoms. The molecule has 112 valence electrons. The van der Waals surface area contributed by atoms with Crippen molar-refractivity contribution in [3.05, 3.63) is 18.2 Å². The van der Waals surface area contributed by atoms with Gasteiger partial charge in [-0.25, -0.2) is 4.98 Å². The average molecular weight is 306 g/mol. The fourth-order valence-corrected chi connectivity index (χ4v) is 3.49. The molecule has 1 N–H and O–H groups in total. The van der Waals surface area contributed by atoms with Crippen LogP contribution < -0.4 is 10.1 Å². The highest BCUT2D eigenvalue weighted by atomic mass is 32.1. The molecular formula is C15H18N2O3S. The van der Waals surface area contributed by atoms with E-state index in [0.29, 0.717) is 5.13 Å². The number of carbonyl (C=O) groups is 1. The smallest absolute Gasteiger partial charge is 0.231 e. The number of nitrogens with one attached hydrogen (secondary N) is 1. The molecule has 1 saturated heterocycles. The zero-order valence-corrected chi connectivity index (χ0v) is 12.9. The number of fused-ring (bicyclic) bond motifs is 1. The van der Waals surface area contributed by atoms with Gasteiger partial charge in [-0.3, -0.25) is 4.79 Å². The van der Waals surface area contributed by atoms with Crippen molar-refractivity contribution in [2.24, 2.45) is 5.92 Å². The number of hydrogen-bond acceptors (Lipinski definition) is 5. The molecule has 3 rings (SSSR count). The van der Waals surface area contributed by atoms with Gasteiger partial charge in [0, 0.05) is 6.61 Å². The van der Waals surface area contributed by atoms with E-state index in [0.717, 1.165) is 35.4 Å². The van der Waals surface area contributed by atoms with Gasteiger partial charge in [0.2, 0.25) is 5.91 Å². The predicted octanol–water partition coefficient (Wildman–Crippen LogP) is 3.06. The van der Waals surface area contributed by atoms with Crippen molar-refractivity contribution in [1.82, 2.24) is 4.98 Å². The van der Waals surface area contributed by atoms with Crippen molar-refractivity contribution < 1.29 is 14.3 Å². The van der Waals surface area contributed by atoms with Crippen molar-refractivity contribution in [2.45, 2.75) is 25.9 Å². The van der Waals surface area contributed by atoms with Crippen LogP contribution in [-0.4, -0.2) is 30.7 Å². The summed E-state index contributed by atoms with van der Waals surface area (Å²) in [6.07, 6.45) is 1.75. The van der Waals surface area contributed by atoms with E-state index >= 15 is 0 Å². The summed E-state index contributed by atoms with van der Waals surface area (Å²) in [4.78, 5) is 16.8. The Morgan fingerprint density at radius 1 is 1.52 bits per heavy atom. The third kappa shape index (κ3) is 2.87. The Hall–Kier alpha value is -1.66. The summed E-state index contributed by atoms with van der Waals surface area (Å²) in [5.74, 6) is 0.603. The van der Waals surface area contributed by atoms with E-state index in [1.165, 1.54) is 11.3 Å². The molecule has 1 aromatic heterocycles. The van der Waals surface area contributed by atoms with Crippen molar-refractivity contribution in [2.75, 3.05) is 19.0 Å². The number of amides is 1. The first-order chi connectivity index (χ1) is 10.2. The monoisotopic (exact) mass is 306 g/mol. The summed E-state index contributed by atoms with van der Waals surface area (Å²) >= 11 is 1.46. The molecule has 1 aliphatic heterocycles. The Morgan fingerprint density at radius 3 is 3.14 bits per heavy atom. The normalized spacial score (nSPS) is 22.2. The van der Waals surface area contributed by atoms with Crippen molar-refractivity contribution >= 4 is 32.6 Å². The first-order valence-corrected chi connectivity index (χ1v) is 7.86. The van der Waals surface area contributed by atoms with Gasteiger partial charge in [0.15, 0.2) is 5.13 Å². The van der Waals surface area contributed by atoms with Gasteiger partial charge in [-0.1, -0.05) is 17.4 Å². The molecule has 1 amide bonds. The number of anilines is 1. The topological polar surface area (TPSA) is 60.5 Å². The maximum absolute atomic E-state index is 12.4. The molecule has 21 heavy (non-hydrogen) atoms. The SMILES string of the molecule is COc1cccc2sc(NC(=O)C3CCCOC3C)nc12. The molecule has 2 heterocycles. The fourth-order valence-electron chi connectivity index (χ4n) is 2.61. The number of ether oxygens (including phenoxy) is 2. The Morgan fingerprint density at radius 2 is 2.38 bits per heavy atom. The van der Waals surface area contributed by atoms with E-state index in [1.54, 1.807) is 7.11 Å². The summed E-state index contributed by atoms with van der Waals surface area (Å²) in [5.41, 5.74) is 0.785. The predicted molar refractivity (Wildman–Crippen MR) is 82.9 cm³/mol. The van der Waals surface area contributed by atoms with Gasteiger partial charge in [-0.05, 0) is 31.9 Å². The number of carbonyl (C=O) groups excluding carboxylic acids is 1. The minimum Gasteiger partial charge on any atom is -0.494 e. The highest BCUT2D eigenvalue weighted by Crippen LogP contribution is 2.32. The van der Waals surface area contributed by atoms with Crippen LogP contribution in [-0.2, 0) is 9.53 Å². The molecule has 0 saturated carbocycles. The quantitative estimate of drug-likeness (QED) is 0.946. The van der Waals surface area contributed by atoms with Crippen LogP contribution in [0.3, 0.4) is 0 Å². The summed E-state index contributed by atoms with van der Waals surface area (Å²) in [6.45, 7) is 2.69. The van der Waals surface area contributed by atoms with Gasteiger partial charge in [0.05, 0.1) is 23.8 Å². The number of methoxy groups -OCH3 is 1. The zero-order valence-electron chi connectivity index (χ0n) is 12.1. The van der Waals surface area contributed by atoms with Gasteiger partial charge in [0.1, 0.15) is 11.3 Å². The lowest BCUT2D eigenvalue weighted by Gasteiger charge is -2.27. The van der Waals surface area contributed by atoms with Crippen LogP contribution in [0.25, 0.3) is 10.2 Å². The van der Waals surface area contributed by atoms with Crippen LogP contribution in [0, 0.1) is 5.92 Å². The summed E-state index contributed by atoms with van der Waals surface area (Å²) < 4.78 is 11.8. The van der Waals surface area contributed by atoms with Gasteiger partial charge in [-0.15, -0.1) is 0 Å². The second kappa shape index (κ2) is 5.99. The summed E-state index contributed by atoms with van der Waals surface area (Å²) in [5, 5.41) is 3.52. The lowest BCUT2D eigenvalue weighted by molar-refractivity contribution is -0.127. The van der Waals surface area contributed by atoms with E-state index in [9.17, 15) is 4.79 Å². The summed E-state index contributed by atoms with van der Waals surface area (Å²) in [6, 6.07) is 5.75. The van der Waals surface area contributed by atoms with Crippen LogP contribution >= 0.6 is 11.3 Å². The van der Waals surface area contributed by atoms with Crippen molar-refractivity contribution in [1.29, 1.82) is 0 Å². The molecule has 0 spiro atoms. The first-order valence-electron chi connectivity index (χ1n) is 7.05. The number of nitrogens with zero attached hydrogens (tertiary/aromatic N) is 1. The standard InChI is InChI=1S/C15H18N2O3S/c1-9-10(5-4-8-20-9)14(18)17-15-16-13-11(19-2)6-3-7-12(13)21-15/h3,6-7,9-10H,4-5,8H2,1-2H3,(H,16,17,18). The Bertz CT molecular complexity index is 655. The van der Waals surface area contributed by atoms with Crippen LogP contribution in [0.15, 0.2) is 18.2 Å². The molecule has 0 bridgehead atoms. The van der Waals surface area contributed by atoms with E-state index in [4.69, 9.17) is 9.47 Å². The average Bonchev–Trinajstić information content (AvgIpc) is 2.89. The Kier molecular flexibility index (Phi) is 4.07. The molecule has 0 aliphatic carbocycles. The van der Waals surface area contributed by atoms with Crippen LogP contribution in [0.5, 0.6) is 5.75 Å². The number of aromatic nitrogens is 1. The van der Waals surface area contributed by atoms with E-state index in [1.807, 2.05) is 25.1 Å². The fraction of sp³-hybridized carbons (Fsp3) is 0.467. The summed E-state index contributed by atoms with van der Waals surface area (Å²) in [7, 11) is 1.62. The minimum absolute atomic E-state index is 0.0137. The van der Waals surface area contributed by atoms with Crippen LogP contribution in [0.2, 0.25) is 0 Å². The van der Waals surface area contributed by atoms with Crippen molar-refractivity contribution in [3.8, 4) is 5.75 Å². The second-order valence-corrected chi connectivity index (χ2v) is 6.17. The molecule has 5 nitrogen and oxygen atoms in total. The Labute approximate surface area is 127 Å². The number of rotatable bonds is 3. The van der Waals surface area contributed by atoms with Crippen LogP contribution in [0.4, 0.5) is 5.13 Å². The highest BCUT2D eigenvalue weighted by Gasteiger charge is 2.29. The third-order valence-corrected chi connectivity index (χ3v) is 4.71. The number of para-hydroxylation sites is 1. The lowest BCUT2D eigenvalue weighted by atomic mass is 9.95. The van der Waals surface area contributed by atoms with E-state index < -0.39 is 0 Å². The van der Waals surface area contributed by atoms with Gasteiger partial charge < -0.3 is 14.8 Å². The van der Waals surface area contributed by atoms with Gasteiger partial charge in [-0.2, -0.15) is 0 Å². The minimum atomic E-state index is -0.104. The molecule has 2 atom stereocenters. The number of thiazole rings is 1. The third-order valence-electron chi connectivity index (χ3n) is 3.78. The molecule has 1 aromatic carbocycles. The van der Waals surface area contributed by atoms with Gasteiger partial charge in [0.25, 0.3) is 0 Å². The number of hydrogen-bond donors (Lipinski definition) is 1. The van der Waals surface area contributed by atoms with Crippen molar-refractivity contribution in [3.63, 3.8) is 0 Å². The van der Waals surface area contributed by atoms with E-state index in [-0.39, 0.29) is 17.9 Å². The molecular weight excluding hydrogens is 288 g/mol. The van der Waals surface area contributed by atoms with Crippen LogP contribution in [0.1, 0.15) is 19.8 Å². The molecule has 0 radical (unpaired) electrons. The maximum atomic E-state index is 12.4. The zero-order chi connectivity index (χ0) is 14.8. The van der Waals surface area contributed by atoms with E-state index in [2.05, 4.69) is 10.3 Å². The molecule has 1 fully saturated rings. The lowest BCUT2D eigenvalue weighted by Crippen LogP contribution is -2.36. The van der Waals surface area contributed by atoms with Gasteiger partial charge >= 0.3 is 0 Å². The molecule has 1 aliphatic rings. The second-order valence-electron chi connectivity index (χ2n) is 5.14. The molecule has 2 unspecified atom stereocenters. The molecule has 2 aromatic rings. The maximum Gasteiger partial charge on any atom is 0.231 e. The number of benzene rings is 1. The largest absolute Gasteiger partial charge is 0.494 e. The Balaban J connectivity index is 1.80. The highest BCUT2D eigenvalue weighted by molar-refractivity contribution is 7.22. The first kappa shape index (κ1) is 14.3.